The summed E-state index contributed by atoms with van der Waals surface area (Å²) in [5.74, 6) is 0.865. The Morgan fingerprint density at radius 3 is 2.45 bits per heavy atom. The van der Waals surface area contributed by atoms with E-state index in [2.05, 4.69) is 38.4 Å². The molecule has 0 aliphatic carbocycles. The normalized spacial score (nSPS) is 10.6. The summed E-state index contributed by atoms with van der Waals surface area (Å²) in [7, 11) is 0. The van der Waals surface area contributed by atoms with Gasteiger partial charge in [0.05, 0.1) is 6.21 Å². The van der Waals surface area contributed by atoms with Gasteiger partial charge < -0.3 is 10.1 Å². The number of aryl methyl sites for hydroxylation is 1. The number of hydrogen-bond donors (Lipinski definition) is 2. The van der Waals surface area contributed by atoms with Crippen molar-refractivity contribution in [3.8, 4) is 11.5 Å². The van der Waals surface area contributed by atoms with E-state index >= 15 is 0 Å². The molecule has 3 aromatic rings. The van der Waals surface area contributed by atoms with Crippen LogP contribution in [-0.2, 0) is 9.59 Å². The van der Waals surface area contributed by atoms with Gasteiger partial charge in [-0.3, -0.25) is 9.59 Å². The third-order valence-electron chi connectivity index (χ3n) is 4.28. The molecule has 0 aliphatic rings. The molecule has 3 aromatic carbocycles. The Hall–Kier alpha value is -3.20. The largest absolute Gasteiger partial charge is 0.457 e. The van der Waals surface area contributed by atoms with Crippen molar-refractivity contribution >= 4 is 46.3 Å². The van der Waals surface area contributed by atoms with Crippen molar-refractivity contribution in [1.82, 2.24) is 5.43 Å². The average Bonchev–Trinajstić information content (AvgIpc) is 2.75. The number of nitrogens with one attached hydrogen (secondary N) is 2. The molecule has 2 N–H and O–H groups in total. The first-order valence-corrected chi connectivity index (χ1v) is 10.8. The number of anilines is 1. The highest BCUT2D eigenvalue weighted by molar-refractivity contribution is 14.1. The maximum Gasteiger partial charge on any atom is 0.240 e. The molecule has 2 amide bonds. The number of hydrogen-bond acceptors (Lipinski definition) is 4. The third-order valence-corrected chi connectivity index (χ3v) is 4.95. The van der Waals surface area contributed by atoms with Crippen LogP contribution in [0.2, 0.25) is 0 Å². The Labute approximate surface area is 194 Å². The molecule has 0 bridgehead atoms. The highest BCUT2D eigenvalue weighted by atomic mass is 127. The first-order chi connectivity index (χ1) is 15.0. The molecule has 6 nitrogen and oxygen atoms in total. The Morgan fingerprint density at radius 2 is 1.68 bits per heavy atom. The SMILES string of the molecule is Cc1cc(I)ccc1NC(=O)CCC(=O)NN=Cc1cccc(Oc2ccccc2)c1. The minimum Gasteiger partial charge on any atom is -0.457 e. The van der Waals surface area contributed by atoms with Crippen molar-refractivity contribution in [3.63, 3.8) is 0 Å². The van der Waals surface area contributed by atoms with Gasteiger partial charge in [0.15, 0.2) is 0 Å². The highest BCUT2D eigenvalue weighted by Crippen LogP contribution is 2.21. The second kappa shape index (κ2) is 11.3. The fourth-order valence-corrected chi connectivity index (χ4v) is 3.37. The quantitative estimate of drug-likeness (QED) is 0.238. The fourth-order valence-electron chi connectivity index (χ4n) is 2.72. The summed E-state index contributed by atoms with van der Waals surface area (Å²) in [6.07, 6.45) is 1.65. The van der Waals surface area contributed by atoms with Crippen LogP contribution in [-0.4, -0.2) is 18.0 Å². The molecule has 0 aromatic heterocycles. The minimum absolute atomic E-state index is 0.0454. The molecule has 0 saturated carbocycles. The second-order valence-electron chi connectivity index (χ2n) is 6.79. The summed E-state index contributed by atoms with van der Waals surface area (Å²) in [6, 6.07) is 22.6. The van der Waals surface area contributed by atoms with Crippen molar-refractivity contribution in [3.05, 3.63) is 87.5 Å². The molecular formula is C24H22IN3O3. The van der Waals surface area contributed by atoms with Crippen LogP contribution in [0.3, 0.4) is 0 Å². The number of nitrogens with zero attached hydrogens (tertiary/aromatic N) is 1. The zero-order valence-corrected chi connectivity index (χ0v) is 19.1. The number of rotatable bonds is 8. The molecule has 7 heteroatoms. The van der Waals surface area contributed by atoms with E-state index in [4.69, 9.17) is 4.74 Å². The van der Waals surface area contributed by atoms with Gasteiger partial charge in [0, 0.05) is 22.1 Å². The molecule has 0 heterocycles. The van der Waals surface area contributed by atoms with E-state index in [1.165, 1.54) is 6.21 Å². The summed E-state index contributed by atoms with van der Waals surface area (Å²) in [5.41, 5.74) is 4.96. The lowest BCUT2D eigenvalue weighted by atomic mass is 10.2. The van der Waals surface area contributed by atoms with Gasteiger partial charge in [0.1, 0.15) is 11.5 Å². The van der Waals surface area contributed by atoms with Gasteiger partial charge in [-0.15, -0.1) is 0 Å². The number of hydrazone groups is 1. The standard InChI is InChI=1S/C24H22IN3O3/c1-17-14-19(25)10-11-22(17)27-23(29)12-13-24(30)28-26-16-18-6-5-9-21(15-18)31-20-7-3-2-4-8-20/h2-11,14-16H,12-13H2,1H3,(H,27,29)(H,28,30). The van der Waals surface area contributed by atoms with Crippen LogP contribution in [0.1, 0.15) is 24.0 Å². The molecule has 0 saturated heterocycles. The summed E-state index contributed by atoms with van der Waals surface area (Å²) in [5, 5.41) is 6.79. The van der Waals surface area contributed by atoms with Crippen molar-refractivity contribution in [2.24, 2.45) is 5.10 Å². The number of ether oxygens (including phenoxy) is 1. The summed E-state index contributed by atoms with van der Waals surface area (Å²) >= 11 is 2.22. The van der Waals surface area contributed by atoms with E-state index in [0.717, 1.165) is 26.1 Å². The van der Waals surface area contributed by atoms with Gasteiger partial charge >= 0.3 is 0 Å². The summed E-state index contributed by atoms with van der Waals surface area (Å²) in [4.78, 5) is 24.1. The monoisotopic (exact) mass is 527 g/mol. The number of carbonyl (C=O) groups is 2. The van der Waals surface area contributed by atoms with Crippen molar-refractivity contribution in [1.29, 1.82) is 0 Å². The molecule has 0 fully saturated rings. The molecule has 0 radical (unpaired) electrons. The van der Waals surface area contributed by atoms with Gasteiger partial charge in [-0.1, -0.05) is 30.3 Å². The topological polar surface area (TPSA) is 79.8 Å². The van der Waals surface area contributed by atoms with E-state index in [-0.39, 0.29) is 24.7 Å². The van der Waals surface area contributed by atoms with E-state index in [0.29, 0.717) is 5.75 Å². The minimum atomic E-state index is -0.331. The Morgan fingerprint density at radius 1 is 0.935 bits per heavy atom. The Balaban J connectivity index is 1.45. The van der Waals surface area contributed by atoms with Gasteiger partial charge in [0.25, 0.3) is 0 Å². The first-order valence-electron chi connectivity index (χ1n) is 9.70. The van der Waals surface area contributed by atoms with E-state index in [1.54, 1.807) is 0 Å². The molecule has 0 unspecified atom stereocenters. The van der Waals surface area contributed by atoms with E-state index < -0.39 is 0 Å². The predicted octanol–water partition coefficient (Wildman–Crippen LogP) is 5.26. The van der Waals surface area contributed by atoms with Gasteiger partial charge in [-0.2, -0.15) is 5.10 Å². The second-order valence-corrected chi connectivity index (χ2v) is 8.03. The molecule has 3 rings (SSSR count). The maximum atomic E-state index is 12.1. The van der Waals surface area contributed by atoms with Crippen LogP contribution in [0.4, 0.5) is 5.69 Å². The predicted molar refractivity (Wildman–Crippen MR) is 130 cm³/mol. The lowest BCUT2D eigenvalue weighted by Crippen LogP contribution is -2.20. The zero-order valence-electron chi connectivity index (χ0n) is 17.0. The van der Waals surface area contributed by atoms with Gasteiger partial charge in [-0.25, -0.2) is 5.43 Å². The highest BCUT2D eigenvalue weighted by Gasteiger charge is 2.08. The fraction of sp³-hybridized carbons (Fsp3) is 0.125. The van der Waals surface area contributed by atoms with Gasteiger partial charge in [-0.05, 0) is 83.1 Å². The van der Waals surface area contributed by atoms with Crippen LogP contribution < -0.4 is 15.5 Å². The molecule has 31 heavy (non-hydrogen) atoms. The molecule has 0 atom stereocenters. The van der Waals surface area contributed by atoms with Crippen LogP contribution in [0.25, 0.3) is 0 Å². The number of benzene rings is 3. The maximum absolute atomic E-state index is 12.1. The molecule has 0 spiro atoms. The van der Waals surface area contributed by atoms with Crippen LogP contribution in [0.5, 0.6) is 11.5 Å². The summed E-state index contributed by atoms with van der Waals surface area (Å²) in [6.45, 7) is 1.93. The number of para-hydroxylation sites is 1. The number of carbonyl (C=O) groups excluding carboxylic acids is 2. The van der Waals surface area contributed by atoms with Crippen molar-refractivity contribution in [2.75, 3.05) is 5.32 Å². The number of halogens is 1. The first kappa shape index (κ1) is 22.5. The van der Waals surface area contributed by atoms with Crippen molar-refractivity contribution < 1.29 is 14.3 Å². The lowest BCUT2D eigenvalue weighted by molar-refractivity contribution is -0.124. The smallest absolute Gasteiger partial charge is 0.240 e. The Kier molecular flexibility index (Phi) is 8.17. The Bertz CT molecular complexity index is 1080. The van der Waals surface area contributed by atoms with Gasteiger partial charge in [0.2, 0.25) is 11.8 Å². The average molecular weight is 527 g/mol. The number of amides is 2. The van der Waals surface area contributed by atoms with Crippen molar-refractivity contribution in [2.45, 2.75) is 19.8 Å². The summed E-state index contributed by atoms with van der Waals surface area (Å²) < 4.78 is 6.88. The van der Waals surface area contributed by atoms with Crippen LogP contribution in [0, 0.1) is 10.5 Å². The molecule has 158 valence electrons. The van der Waals surface area contributed by atoms with Crippen LogP contribution >= 0.6 is 22.6 Å². The molecule has 0 aliphatic heterocycles. The molecular weight excluding hydrogens is 505 g/mol. The lowest BCUT2D eigenvalue weighted by Gasteiger charge is -2.08. The third kappa shape index (κ3) is 7.53. The zero-order chi connectivity index (χ0) is 22.1. The van der Waals surface area contributed by atoms with E-state index in [9.17, 15) is 9.59 Å². The van der Waals surface area contributed by atoms with Crippen LogP contribution in [0.15, 0.2) is 77.9 Å². The van der Waals surface area contributed by atoms with E-state index in [1.807, 2.05) is 79.7 Å².